The Balaban J connectivity index is 2.18. The fraction of sp³-hybridized carbons (Fsp3) is 0.692. The van der Waals surface area contributed by atoms with Gasteiger partial charge in [0.25, 0.3) is 0 Å². The van der Waals surface area contributed by atoms with Gasteiger partial charge < -0.3 is 10.6 Å². The first-order chi connectivity index (χ1) is 8.63. The van der Waals surface area contributed by atoms with Crippen LogP contribution in [-0.4, -0.2) is 31.0 Å². The smallest absolute Gasteiger partial charge is 0.220 e. The second kappa shape index (κ2) is 8.21. The molecule has 0 unspecified atom stereocenters. The van der Waals surface area contributed by atoms with Gasteiger partial charge in [0.2, 0.25) is 5.91 Å². The van der Waals surface area contributed by atoms with Gasteiger partial charge in [0.05, 0.1) is 10.7 Å². The monoisotopic (exact) mass is 269 g/mol. The van der Waals surface area contributed by atoms with Crippen molar-refractivity contribution in [1.29, 1.82) is 0 Å². The number of hydrogen-bond acceptors (Lipinski definition) is 4. The molecule has 4 nitrogen and oxygen atoms in total. The van der Waals surface area contributed by atoms with Crippen molar-refractivity contribution < 1.29 is 4.79 Å². The summed E-state index contributed by atoms with van der Waals surface area (Å²) in [5, 5.41) is 9.21. The molecule has 1 rings (SSSR count). The van der Waals surface area contributed by atoms with Crippen LogP contribution >= 0.6 is 11.3 Å². The average Bonchev–Trinajstić information content (AvgIpc) is 2.78. The minimum atomic E-state index is 0.129. The molecule has 0 aliphatic carbocycles. The van der Waals surface area contributed by atoms with E-state index in [0.29, 0.717) is 18.9 Å². The molecule has 0 aliphatic heterocycles. The van der Waals surface area contributed by atoms with E-state index in [-0.39, 0.29) is 5.91 Å². The van der Waals surface area contributed by atoms with Crippen molar-refractivity contribution in [3.63, 3.8) is 0 Å². The second-order valence-electron chi connectivity index (χ2n) is 4.64. The van der Waals surface area contributed by atoms with Gasteiger partial charge in [0.15, 0.2) is 0 Å². The highest BCUT2D eigenvalue weighted by molar-refractivity contribution is 7.09. The molecule has 0 atom stereocenters. The van der Waals surface area contributed by atoms with Gasteiger partial charge in [-0.2, -0.15) is 0 Å². The molecule has 0 aromatic carbocycles. The third-order valence-corrected chi connectivity index (χ3v) is 3.79. The number of nitrogens with one attached hydrogen (secondary N) is 2. The standard InChI is InChI=1S/C13H23N3OS/c1-10(2)13-16-11(9-18-13)6-8-15-12(17)5-4-7-14-3/h9-10,14H,4-8H2,1-3H3,(H,15,17). The topological polar surface area (TPSA) is 54.0 Å². The highest BCUT2D eigenvalue weighted by Crippen LogP contribution is 2.19. The minimum absolute atomic E-state index is 0.129. The van der Waals surface area contributed by atoms with Crippen molar-refractivity contribution in [3.05, 3.63) is 16.1 Å². The molecule has 0 fully saturated rings. The fourth-order valence-electron chi connectivity index (χ4n) is 1.55. The Morgan fingerprint density at radius 3 is 2.83 bits per heavy atom. The van der Waals surface area contributed by atoms with Crippen LogP contribution in [0.5, 0.6) is 0 Å². The van der Waals surface area contributed by atoms with Gasteiger partial charge in [-0.3, -0.25) is 4.79 Å². The maximum absolute atomic E-state index is 11.5. The molecule has 102 valence electrons. The molecule has 0 bridgehead atoms. The van der Waals surface area contributed by atoms with Gasteiger partial charge >= 0.3 is 0 Å². The Bertz CT molecular complexity index is 363. The van der Waals surface area contributed by atoms with Crippen molar-refractivity contribution in [2.24, 2.45) is 0 Å². The number of aromatic nitrogens is 1. The molecule has 0 spiro atoms. The summed E-state index contributed by atoms with van der Waals surface area (Å²) in [5.74, 6) is 0.615. The summed E-state index contributed by atoms with van der Waals surface area (Å²) in [6, 6.07) is 0. The molecule has 18 heavy (non-hydrogen) atoms. The zero-order valence-corrected chi connectivity index (χ0v) is 12.3. The van der Waals surface area contributed by atoms with E-state index in [1.807, 2.05) is 7.05 Å². The SMILES string of the molecule is CNCCCC(=O)NCCc1csc(C(C)C)n1. The van der Waals surface area contributed by atoms with Gasteiger partial charge in [-0.05, 0) is 20.0 Å². The van der Waals surface area contributed by atoms with Crippen LogP contribution in [-0.2, 0) is 11.2 Å². The van der Waals surface area contributed by atoms with Crippen LogP contribution in [0.2, 0.25) is 0 Å². The van der Waals surface area contributed by atoms with E-state index in [0.717, 1.165) is 25.1 Å². The number of thiazole rings is 1. The normalized spacial score (nSPS) is 10.9. The second-order valence-corrected chi connectivity index (χ2v) is 5.53. The lowest BCUT2D eigenvalue weighted by molar-refractivity contribution is -0.121. The number of hydrogen-bond donors (Lipinski definition) is 2. The summed E-state index contributed by atoms with van der Waals surface area (Å²) in [4.78, 5) is 16.0. The first-order valence-corrected chi connectivity index (χ1v) is 7.37. The van der Waals surface area contributed by atoms with Crippen LogP contribution in [0, 0.1) is 0 Å². The third-order valence-electron chi connectivity index (χ3n) is 2.60. The highest BCUT2D eigenvalue weighted by atomic mass is 32.1. The Morgan fingerprint density at radius 2 is 2.22 bits per heavy atom. The molecule has 1 amide bonds. The van der Waals surface area contributed by atoms with E-state index in [4.69, 9.17) is 0 Å². The van der Waals surface area contributed by atoms with Gasteiger partial charge in [-0.25, -0.2) is 4.98 Å². The molecule has 0 radical (unpaired) electrons. The molecule has 1 aromatic heterocycles. The lowest BCUT2D eigenvalue weighted by atomic mass is 10.2. The van der Waals surface area contributed by atoms with Crippen LogP contribution < -0.4 is 10.6 Å². The zero-order chi connectivity index (χ0) is 13.4. The Kier molecular flexibility index (Phi) is 6.90. The fourth-order valence-corrected chi connectivity index (χ4v) is 2.42. The zero-order valence-electron chi connectivity index (χ0n) is 11.5. The Labute approximate surface area is 113 Å². The van der Waals surface area contributed by atoms with Gasteiger partial charge in [0.1, 0.15) is 0 Å². The highest BCUT2D eigenvalue weighted by Gasteiger charge is 2.06. The number of nitrogens with zero attached hydrogens (tertiary/aromatic N) is 1. The van der Waals surface area contributed by atoms with Gasteiger partial charge in [-0.1, -0.05) is 13.8 Å². The Hall–Kier alpha value is -0.940. The lowest BCUT2D eigenvalue weighted by Gasteiger charge is -2.03. The van der Waals surface area contributed by atoms with Crippen molar-refractivity contribution >= 4 is 17.2 Å². The molecule has 1 aromatic rings. The summed E-state index contributed by atoms with van der Waals surface area (Å²) in [6.07, 6.45) is 2.30. The van der Waals surface area contributed by atoms with Gasteiger partial charge in [-0.15, -0.1) is 11.3 Å². The summed E-state index contributed by atoms with van der Waals surface area (Å²) in [6.45, 7) is 5.86. The molecular formula is C13H23N3OS. The molecular weight excluding hydrogens is 246 g/mol. The number of amides is 1. The maximum atomic E-state index is 11.5. The van der Waals surface area contributed by atoms with E-state index in [1.54, 1.807) is 11.3 Å². The maximum Gasteiger partial charge on any atom is 0.220 e. The predicted molar refractivity (Wildman–Crippen MR) is 76.1 cm³/mol. The molecule has 0 aliphatic rings. The van der Waals surface area contributed by atoms with Crippen molar-refractivity contribution in [3.8, 4) is 0 Å². The van der Waals surface area contributed by atoms with Crippen LogP contribution in [0.25, 0.3) is 0 Å². The first kappa shape index (κ1) is 15.1. The number of carbonyl (C=O) groups is 1. The van der Waals surface area contributed by atoms with Crippen molar-refractivity contribution in [1.82, 2.24) is 15.6 Å². The lowest BCUT2D eigenvalue weighted by Crippen LogP contribution is -2.26. The van der Waals surface area contributed by atoms with E-state index >= 15 is 0 Å². The molecule has 2 N–H and O–H groups in total. The van der Waals surface area contributed by atoms with Gasteiger partial charge in [0, 0.05) is 30.7 Å². The van der Waals surface area contributed by atoms with E-state index in [1.165, 1.54) is 5.01 Å². The van der Waals surface area contributed by atoms with Crippen LogP contribution in [0.15, 0.2) is 5.38 Å². The summed E-state index contributed by atoms with van der Waals surface area (Å²) in [5.41, 5.74) is 1.08. The number of rotatable bonds is 8. The largest absolute Gasteiger partial charge is 0.356 e. The van der Waals surface area contributed by atoms with Crippen molar-refractivity contribution in [2.75, 3.05) is 20.1 Å². The minimum Gasteiger partial charge on any atom is -0.356 e. The van der Waals surface area contributed by atoms with Crippen LogP contribution in [0.1, 0.15) is 43.3 Å². The molecule has 0 saturated heterocycles. The third kappa shape index (κ3) is 5.60. The quantitative estimate of drug-likeness (QED) is 0.709. The van der Waals surface area contributed by atoms with Crippen LogP contribution in [0.4, 0.5) is 0 Å². The average molecular weight is 269 g/mol. The van der Waals surface area contributed by atoms with E-state index < -0.39 is 0 Å². The van der Waals surface area contributed by atoms with E-state index in [2.05, 4.69) is 34.8 Å². The Morgan fingerprint density at radius 1 is 1.44 bits per heavy atom. The predicted octanol–water partition coefficient (Wildman–Crippen LogP) is 1.92. The molecule has 5 heteroatoms. The summed E-state index contributed by atoms with van der Waals surface area (Å²) in [7, 11) is 1.90. The number of carbonyl (C=O) groups excluding carboxylic acids is 1. The van der Waals surface area contributed by atoms with E-state index in [9.17, 15) is 4.79 Å². The molecule has 1 heterocycles. The summed E-state index contributed by atoms with van der Waals surface area (Å²) >= 11 is 1.70. The van der Waals surface area contributed by atoms with Crippen molar-refractivity contribution in [2.45, 2.75) is 39.0 Å². The summed E-state index contributed by atoms with van der Waals surface area (Å²) < 4.78 is 0. The van der Waals surface area contributed by atoms with Crippen LogP contribution in [0.3, 0.4) is 0 Å². The molecule has 0 saturated carbocycles. The first-order valence-electron chi connectivity index (χ1n) is 6.49.